The lowest BCUT2D eigenvalue weighted by Gasteiger charge is -2.27. The number of carbonyl (C=O) groups is 2. The fourth-order valence-corrected chi connectivity index (χ4v) is 1.24. The van der Waals surface area contributed by atoms with Crippen LogP contribution in [0.1, 0.15) is 12.5 Å². The Bertz CT molecular complexity index is 543. The molecule has 0 saturated carbocycles. The van der Waals surface area contributed by atoms with Gasteiger partial charge in [-0.1, -0.05) is 30.3 Å². The Kier molecular flexibility index (Phi) is 6.58. The average Bonchev–Trinajstić information content (AvgIpc) is 2.37. The number of alkyl halides is 6. The summed E-state index contributed by atoms with van der Waals surface area (Å²) in [4.78, 5) is 20.0. The van der Waals surface area contributed by atoms with E-state index in [4.69, 9.17) is 15.6 Å². The SMILES string of the molecule is CC(OC(F)(F)F)(C(N)=O)c1ccccc1.O=C(O)C(F)(F)F. The average molecular weight is 347 g/mol. The Morgan fingerprint density at radius 2 is 1.43 bits per heavy atom. The number of carboxylic acids is 1. The number of amides is 1. The van der Waals surface area contributed by atoms with E-state index >= 15 is 0 Å². The molecule has 1 atom stereocenters. The lowest BCUT2D eigenvalue weighted by atomic mass is 9.95. The number of rotatable bonds is 3. The molecule has 0 aromatic heterocycles. The topological polar surface area (TPSA) is 89.6 Å². The van der Waals surface area contributed by atoms with Gasteiger partial charge in [0.1, 0.15) is 0 Å². The predicted molar refractivity (Wildman–Crippen MR) is 63.8 cm³/mol. The standard InChI is InChI=1S/C10H10F3NO2.C2HF3O2/c1-9(8(14)15,16-10(11,12)13)7-5-3-2-4-6-7;3-2(4,5)1(6)7/h2-6H,1H3,(H2,14,15);(H,6,7). The summed E-state index contributed by atoms with van der Waals surface area (Å²) in [6.45, 7) is 0.984. The van der Waals surface area contributed by atoms with Gasteiger partial charge in [-0.05, 0) is 12.5 Å². The van der Waals surface area contributed by atoms with Crippen LogP contribution in [-0.2, 0) is 19.9 Å². The van der Waals surface area contributed by atoms with E-state index in [0.29, 0.717) is 0 Å². The summed E-state index contributed by atoms with van der Waals surface area (Å²) < 4.78 is 72.0. The molecule has 0 saturated heterocycles. The zero-order chi connectivity index (χ0) is 18.5. The highest BCUT2D eigenvalue weighted by Gasteiger charge is 2.45. The van der Waals surface area contributed by atoms with Crippen LogP contribution in [0.4, 0.5) is 26.3 Å². The van der Waals surface area contributed by atoms with Crippen molar-refractivity contribution in [2.24, 2.45) is 5.73 Å². The fourth-order valence-electron chi connectivity index (χ4n) is 1.24. The van der Waals surface area contributed by atoms with Gasteiger partial charge < -0.3 is 10.8 Å². The van der Waals surface area contributed by atoms with E-state index in [1.807, 2.05) is 0 Å². The Hall–Kier alpha value is -2.30. The summed E-state index contributed by atoms with van der Waals surface area (Å²) in [6, 6.07) is 7.29. The third-order valence-electron chi connectivity index (χ3n) is 2.36. The largest absolute Gasteiger partial charge is 0.523 e. The van der Waals surface area contributed by atoms with Gasteiger partial charge in [-0.25, -0.2) is 4.79 Å². The van der Waals surface area contributed by atoms with Crippen molar-refractivity contribution < 1.29 is 45.8 Å². The van der Waals surface area contributed by atoms with Gasteiger partial charge >= 0.3 is 18.5 Å². The Balaban J connectivity index is 0.000000585. The molecule has 0 aliphatic rings. The molecule has 0 aliphatic carbocycles. The number of benzene rings is 1. The summed E-state index contributed by atoms with van der Waals surface area (Å²) in [7, 11) is 0. The number of hydrogen-bond acceptors (Lipinski definition) is 3. The molecule has 0 aliphatic heterocycles. The van der Waals surface area contributed by atoms with Gasteiger partial charge in [-0.2, -0.15) is 13.2 Å². The third-order valence-corrected chi connectivity index (χ3v) is 2.36. The summed E-state index contributed by atoms with van der Waals surface area (Å²) in [5.41, 5.74) is 2.79. The molecule has 1 rings (SSSR count). The first kappa shape index (κ1) is 20.7. The molecule has 130 valence electrons. The molecule has 0 heterocycles. The number of ether oxygens (including phenoxy) is 1. The van der Waals surface area contributed by atoms with Gasteiger partial charge in [0.15, 0.2) is 5.60 Å². The van der Waals surface area contributed by atoms with E-state index < -0.39 is 30.0 Å². The van der Waals surface area contributed by atoms with Crippen molar-refractivity contribution in [2.45, 2.75) is 25.1 Å². The quantitative estimate of drug-likeness (QED) is 0.823. The van der Waals surface area contributed by atoms with Crippen LogP contribution in [0.5, 0.6) is 0 Å². The number of carbonyl (C=O) groups excluding carboxylic acids is 1. The van der Waals surface area contributed by atoms with E-state index in [0.717, 1.165) is 6.92 Å². The Morgan fingerprint density at radius 1 is 1.04 bits per heavy atom. The summed E-state index contributed by atoms with van der Waals surface area (Å²) in [6.07, 6.45) is -10.0. The highest BCUT2D eigenvalue weighted by molar-refractivity contribution is 5.84. The summed E-state index contributed by atoms with van der Waals surface area (Å²) in [5.74, 6) is -3.96. The molecule has 1 aromatic carbocycles. The minimum atomic E-state index is -5.08. The second-order valence-corrected chi connectivity index (χ2v) is 4.11. The molecule has 3 N–H and O–H groups in total. The first-order valence-electron chi connectivity index (χ1n) is 5.62. The Labute approximate surface area is 125 Å². The molecular formula is C12H11F6NO4. The number of halogens is 6. The van der Waals surface area contributed by atoms with Gasteiger partial charge in [0.25, 0.3) is 5.91 Å². The molecule has 0 spiro atoms. The molecule has 5 nitrogen and oxygen atoms in total. The maximum absolute atomic E-state index is 12.2. The van der Waals surface area contributed by atoms with Crippen molar-refractivity contribution in [3.63, 3.8) is 0 Å². The van der Waals surface area contributed by atoms with Crippen molar-refractivity contribution in [3.05, 3.63) is 35.9 Å². The molecule has 23 heavy (non-hydrogen) atoms. The van der Waals surface area contributed by atoms with Crippen molar-refractivity contribution in [2.75, 3.05) is 0 Å². The van der Waals surface area contributed by atoms with Crippen LogP contribution in [-0.4, -0.2) is 29.5 Å². The predicted octanol–water partition coefficient (Wildman–Crippen LogP) is 2.56. The number of primary amides is 1. The maximum atomic E-state index is 12.2. The van der Waals surface area contributed by atoms with Crippen LogP contribution in [0.3, 0.4) is 0 Å². The van der Waals surface area contributed by atoms with Crippen LogP contribution in [0.15, 0.2) is 30.3 Å². The molecular weight excluding hydrogens is 336 g/mol. The molecule has 0 bridgehead atoms. The van der Waals surface area contributed by atoms with Crippen LogP contribution in [0, 0.1) is 0 Å². The fraction of sp³-hybridized carbons (Fsp3) is 0.333. The van der Waals surface area contributed by atoms with Gasteiger partial charge in [-0.15, -0.1) is 13.2 Å². The second kappa shape index (κ2) is 7.31. The Morgan fingerprint density at radius 3 is 1.70 bits per heavy atom. The number of aliphatic carboxylic acids is 1. The smallest absolute Gasteiger partial charge is 0.475 e. The first-order valence-corrected chi connectivity index (χ1v) is 5.62. The van der Waals surface area contributed by atoms with E-state index in [1.54, 1.807) is 6.07 Å². The van der Waals surface area contributed by atoms with Crippen molar-refractivity contribution in [3.8, 4) is 0 Å². The summed E-state index contributed by atoms with van der Waals surface area (Å²) in [5, 5.41) is 7.12. The van der Waals surface area contributed by atoms with Crippen LogP contribution in [0.25, 0.3) is 0 Å². The maximum Gasteiger partial charge on any atom is 0.523 e. The van der Waals surface area contributed by atoms with Gasteiger partial charge in [0, 0.05) is 0 Å². The molecule has 1 amide bonds. The lowest BCUT2D eigenvalue weighted by molar-refractivity contribution is -0.360. The van der Waals surface area contributed by atoms with E-state index in [1.165, 1.54) is 24.3 Å². The number of carboxylic acid groups (broad SMARTS) is 1. The number of nitrogens with two attached hydrogens (primary N) is 1. The summed E-state index contributed by atoms with van der Waals surface area (Å²) >= 11 is 0. The van der Waals surface area contributed by atoms with Crippen molar-refractivity contribution >= 4 is 11.9 Å². The minimum Gasteiger partial charge on any atom is -0.475 e. The zero-order valence-corrected chi connectivity index (χ0v) is 11.4. The van der Waals surface area contributed by atoms with Gasteiger partial charge in [0.2, 0.25) is 0 Å². The minimum absolute atomic E-state index is 0.0554. The van der Waals surface area contributed by atoms with Gasteiger partial charge in [0.05, 0.1) is 0 Å². The number of hydrogen-bond donors (Lipinski definition) is 2. The molecule has 1 aromatic rings. The van der Waals surface area contributed by atoms with Gasteiger partial charge in [-0.3, -0.25) is 9.53 Å². The van der Waals surface area contributed by atoms with Crippen LogP contribution >= 0.6 is 0 Å². The monoisotopic (exact) mass is 347 g/mol. The van der Waals surface area contributed by atoms with Crippen LogP contribution in [0.2, 0.25) is 0 Å². The highest BCUT2D eigenvalue weighted by Crippen LogP contribution is 2.32. The lowest BCUT2D eigenvalue weighted by Crippen LogP contribution is -2.44. The molecule has 1 unspecified atom stereocenters. The van der Waals surface area contributed by atoms with Crippen molar-refractivity contribution in [1.29, 1.82) is 0 Å². The van der Waals surface area contributed by atoms with E-state index in [-0.39, 0.29) is 5.56 Å². The molecule has 0 fully saturated rings. The normalized spacial score (nSPS) is 14.2. The molecule has 11 heteroatoms. The van der Waals surface area contributed by atoms with Crippen LogP contribution < -0.4 is 5.73 Å². The van der Waals surface area contributed by atoms with Crippen molar-refractivity contribution in [1.82, 2.24) is 0 Å². The van der Waals surface area contributed by atoms with E-state index in [2.05, 4.69) is 4.74 Å². The third kappa shape index (κ3) is 7.00. The highest BCUT2D eigenvalue weighted by atomic mass is 19.4. The van der Waals surface area contributed by atoms with E-state index in [9.17, 15) is 31.1 Å². The first-order chi connectivity index (χ1) is 10.2. The second-order valence-electron chi connectivity index (χ2n) is 4.11. The zero-order valence-electron chi connectivity index (χ0n) is 11.4. The molecule has 0 radical (unpaired) electrons.